The van der Waals surface area contributed by atoms with Crippen molar-refractivity contribution >= 4 is 17.5 Å². The van der Waals surface area contributed by atoms with Gasteiger partial charge in [0.2, 0.25) is 11.8 Å². The van der Waals surface area contributed by atoms with Crippen molar-refractivity contribution in [2.75, 3.05) is 4.90 Å². The number of carbonyl (C=O) groups excluding carboxylic acids is 2. The van der Waals surface area contributed by atoms with Gasteiger partial charge in [0.15, 0.2) is 0 Å². The van der Waals surface area contributed by atoms with E-state index in [-0.39, 0.29) is 12.1 Å². The van der Waals surface area contributed by atoms with Crippen molar-refractivity contribution in [2.45, 2.75) is 18.8 Å². The fraction of sp³-hybridized carbons (Fsp3) is 0.176. The van der Waals surface area contributed by atoms with Crippen LogP contribution in [0, 0.1) is 11.6 Å². The van der Waals surface area contributed by atoms with E-state index in [2.05, 4.69) is 0 Å². The number of rotatable bonds is 2. The Morgan fingerprint density at radius 1 is 1.05 bits per heavy atom. The van der Waals surface area contributed by atoms with Crippen LogP contribution in [0.25, 0.3) is 0 Å². The molecule has 0 N–H and O–H groups in total. The zero-order valence-electron chi connectivity index (χ0n) is 11.8. The van der Waals surface area contributed by atoms with Gasteiger partial charge in [-0.1, -0.05) is 30.3 Å². The van der Waals surface area contributed by atoms with E-state index in [1.807, 2.05) is 0 Å². The number of anilines is 1. The second-order valence-corrected chi connectivity index (χ2v) is 5.50. The van der Waals surface area contributed by atoms with E-state index in [0.717, 1.165) is 23.1 Å². The Hall–Kier alpha value is -2.56. The lowest BCUT2D eigenvalue weighted by Gasteiger charge is -2.22. The molecule has 0 saturated carbocycles. The third kappa shape index (κ3) is 2.09. The summed E-state index contributed by atoms with van der Waals surface area (Å²) in [5, 5.41) is 0. The minimum absolute atomic E-state index is 0.0776. The van der Waals surface area contributed by atoms with Gasteiger partial charge in [0, 0.05) is 12.5 Å². The highest BCUT2D eigenvalue weighted by molar-refractivity contribution is 6.24. The number of amides is 2. The summed E-state index contributed by atoms with van der Waals surface area (Å²) >= 11 is 0. The van der Waals surface area contributed by atoms with Gasteiger partial charge in [-0.2, -0.15) is 0 Å². The molecule has 1 heterocycles. The summed E-state index contributed by atoms with van der Waals surface area (Å²) in [4.78, 5) is 25.7. The van der Waals surface area contributed by atoms with Crippen LogP contribution in [0.1, 0.15) is 18.9 Å². The van der Waals surface area contributed by atoms with Crippen LogP contribution >= 0.6 is 0 Å². The van der Waals surface area contributed by atoms with E-state index in [1.165, 1.54) is 0 Å². The maximum absolute atomic E-state index is 13.9. The third-order valence-electron chi connectivity index (χ3n) is 3.99. The molecule has 1 unspecified atom stereocenters. The van der Waals surface area contributed by atoms with E-state index in [1.54, 1.807) is 37.3 Å². The van der Waals surface area contributed by atoms with E-state index >= 15 is 0 Å². The van der Waals surface area contributed by atoms with Crippen LogP contribution in [0.4, 0.5) is 14.5 Å². The Kier molecular flexibility index (Phi) is 3.28. The van der Waals surface area contributed by atoms with Gasteiger partial charge in [0.05, 0.1) is 11.1 Å². The van der Waals surface area contributed by atoms with Crippen molar-refractivity contribution in [3.8, 4) is 0 Å². The van der Waals surface area contributed by atoms with Gasteiger partial charge in [0.25, 0.3) is 0 Å². The fourth-order valence-corrected chi connectivity index (χ4v) is 2.75. The van der Waals surface area contributed by atoms with Crippen molar-refractivity contribution in [1.29, 1.82) is 0 Å². The molecule has 2 aromatic rings. The number of benzene rings is 2. The lowest BCUT2D eigenvalue weighted by molar-refractivity contribution is -0.122. The van der Waals surface area contributed by atoms with Gasteiger partial charge in [-0.3, -0.25) is 9.59 Å². The molecule has 3 nitrogen and oxygen atoms in total. The van der Waals surface area contributed by atoms with E-state index in [9.17, 15) is 18.4 Å². The van der Waals surface area contributed by atoms with Gasteiger partial charge in [-0.05, 0) is 24.6 Å². The summed E-state index contributed by atoms with van der Waals surface area (Å²) in [5.41, 5.74) is -0.737. The van der Waals surface area contributed by atoms with Crippen LogP contribution in [0.15, 0.2) is 48.5 Å². The first-order valence-corrected chi connectivity index (χ1v) is 6.81. The third-order valence-corrected chi connectivity index (χ3v) is 3.99. The lowest BCUT2D eigenvalue weighted by atomic mass is 9.81. The van der Waals surface area contributed by atoms with Crippen LogP contribution in [0.5, 0.6) is 0 Å². The highest BCUT2D eigenvalue weighted by Gasteiger charge is 2.50. The normalized spacial score (nSPS) is 21.5. The van der Waals surface area contributed by atoms with Crippen molar-refractivity contribution in [1.82, 2.24) is 0 Å². The summed E-state index contributed by atoms with van der Waals surface area (Å²) in [6.07, 6.45) is -0.0776. The van der Waals surface area contributed by atoms with Crippen molar-refractivity contribution < 1.29 is 18.4 Å². The Bertz CT molecular complexity index is 761. The van der Waals surface area contributed by atoms with Crippen LogP contribution in [0.3, 0.4) is 0 Å². The molecule has 1 atom stereocenters. The second-order valence-electron chi connectivity index (χ2n) is 5.50. The molecule has 0 aliphatic carbocycles. The molecular formula is C17H13F2NO2. The molecule has 22 heavy (non-hydrogen) atoms. The maximum atomic E-state index is 13.9. The molecule has 3 rings (SSSR count). The highest BCUT2D eigenvalue weighted by Crippen LogP contribution is 2.39. The summed E-state index contributed by atoms with van der Waals surface area (Å²) < 4.78 is 27.3. The van der Waals surface area contributed by atoms with Crippen LogP contribution in [-0.4, -0.2) is 11.8 Å². The molecule has 112 valence electrons. The monoisotopic (exact) mass is 301 g/mol. The zero-order chi connectivity index (χ0) is 15.9. The van der Waals surface area contributed by atoms with Crippen LogP contribution < -0.4 is 4.90 Å². The number of hydrogen-bond donors (Lipinski definition) is 0. The Morgan fingerprint density at radius 3 is 2.41 bits per heavy atom. The zero-order valence-corrected chi connectivity index (χ0v) is 11.8. The first-order valence-electron chi connectivity index (χ1n) is 6.81. The minimum atomic E-state index is -1.07. The van der Waals surface area contributed by atoms with Gasteiger partial charge in [-0.15, -0.1) is 0 Å². The van der Waals surface area contributed by atoms with Gasteiger partial charge >= 0.3 is 0 Å². The van der Waals surface area contributed by atoms with E-state index < -0.39 is 28.9 Å². The van der Waals surface area contributed by atoms with Gasteiger partial charge < -0.3 is 0 Å². The van der Waals surface area contributed by atoms with Gasteiger partial charge in [-0.25, -0.2) is 13.7 Å². The number of carbonyl (C=O) groups is 2. The fourth-order valence-electron chi connectivity index (χ4n) is 2.75. The lowest BCUT2D eigenvalue weighted by Crippen LogP contribution is -2.37. The largest absolute Gasteiger partial charge is 0.274 e. The number of hydrogen-bond acceptors (Lipinski definition) is 2. The van der Waals surface area contributed by atoms with Crippen LogP contribution in [0.2, 0.25) is 0 Å². The molecular weight excluding hydrogens is 288 g/mol. The maximum Gasteiger partial charge on any atom is 0.244 e. The summed E-state index contributed by atoms with van der Waals surface area (Å²) in [5.74, 6) is -2.60. The number of nitrogens with zero attached hydrogens (tertiary/aromatic N) is 1. The molecule has 5 heteroatoms. The Morgan fingerprint density at radius 2 is 1.73 bits per heavy atom. The van der Waals surface area contributed by atoms with Crippen molar-refractivity contribution in [3.63, 3.8) is 0 Å². The van der Waals surface area contributed by atoms with E-state index in [0.29, 0.717) is 5.56 Å². The second kappa shape index (κ2) is 5.02. The summed E-state index contributed by atoms with van der Waals surface area (Å²) in [6.45, 7) is 1.64. The topological polar surface area (TPSA) is 37.4 Å². The van der Waals surface area contributed by atoms with Crippen molar-refractivity contribution in [3.05, 3.63) is 65.7 Å². The molecule has 0 aromatic heterocycles. The molecule has 1 aliphatic heterocycles. The average molecular weight is 301 g/mol. The molecule has 2 amide bonds. The number of halogens is 2. The molecule has 1 fully saturated rings. The number of imide groups is 1. The standard InChI is InChI=1S/C17H13F2NO2/c1-17(11-5-3-2-4-6-11)10-15(21)20(16(17)22)14-9-12(18)7-8-13(14)19/h2-9H,10H2,1H3. The molecule has 1 aliphatic rings. The molecule has 0 radical (unpaired) electrons. The smallest absolute Gasteiger partial charge is 0.244 e. The van der Waals surface area contributed by atoms with Crippen molar-refractivity contribution in [2.24, 2.45) is 0 Å². The first-order chi connectivity index (χ1) is 10.4. The molecule has 1 saturated heterocycles. The minimum Gasteiger partial charge on any atom is -0.274 e. The molecule has 2 aromatic carbocycles. The van der Waals surface area contributed by atoms with Crippen LogP contribution in [-0.2, 0) is 15.0 Å². The average Bonchev–Trinajstić information content (AvgIpc) is 2.74. The highest BCUT2D eigenvalue weighted by atomic mass is 19.1. The predicted octanol–water partition coefficient (Wildman–Crippen LogP) is 3.19. The first kappa shape index (κ1) is 14.4. The van der Waals surface area contributed by atoms with Gasteiger partial charge in [0.1, 0.15) is 11.6 Å². The molecule has 0 spiro atoms. The SMILES string of the molecule is CC1(c2ccccc2)CC(=O)N(c2cc(F)ccc2F)C1=O. The summed E-state index contributed by atoms with van der Waals surface area (Å²) in [7, 11) is 0. The summed E-state index contributed by atoms with van der Waals surface area (Å²) in [6, 6.07) is 11.5. The Labute approximate surface area is 126 Å². The Balaban J connectivity index is 2.08. The molecule has 0 bridgehead atoms. The van der Waals surface area contributed by atoms with E-state index in [4.69, 9.17) is 0 Å². The predicted molar refractivity (Wildman–Crippen MR) is 77.3 cm³/mol. The quantitative estimate of drug-likeness (QED) is 0.799.